The van der Waals surface area contributed by atoms with E-state index in [2.05, 4.69) is 24.1 Å². The second kappa shape index (κ2) is 9.66. The third-order valence-corrected chi connectivity index (χ3v) is 4.67. The lowest BCUT2D eigenvalue weighted by molar-refractivity contribution is -0.121. The lowest BCUT2D eigenvalue weighted by Crippen LogP contribution is -2.40. The van der Waals surface area contributed by atoms with E-state index in [4.69, 9.17) is 0 Å². The molecule has 0 aliphatic carbocycles. The SMILES string of the molecule is CC(C)CN1CCC(CNC(=O)CCC(=O)c2ccccc2F)CC1. The number of nitrogens with one attached hydrogen (secondary N) is 1. The topological polar surface area (TPSA) is 49.4 Å². The van der Waals surface area contributed by atoms with Crippen molar-refractivity contribution in [1.82, 2.24) is 10.2 Å². The summed E-state index contributed by atoms with van der Waals surface area (Å²) in [5, 5.41) is 2.93. The summed E-state index contributed by atoms with van der Waals surface area (Å²) in [6, 6.07) is 5.90. The molecule has 0 atom stereocenters. The number of hydrogen-bond acceptors (Lipinski definition) is 3. The van der Waals surface area contributed by atoms with Crippen LogP contribution in [0.15, 0.2) is 24.3 Å². The molecule has 0 aromatic heterocycles. The van der Waals surface area contributed by atoms with Gasteiger partial charge in [0.15, 0.2) is 5.78 Å². The maximum Gasteiger partial charge on any atom is 0.220 e. The molecule has 1 aromatic rings. The third kappa shape index (κ3) is 6.58. The van der Waals surface area contributed by atoms with Crippen molar-refractivity contribution in [3.05, 3.63) is 35.6 Å². The molecule has 2 rings (SSSR count). The van der Waals surface area contributed by atoms with Crippen LogP contribution in [0.4, 0.5) is 4.39 Å². The van der Waals surface area contributed by atoms with Gasteiger partial charge >= 0.3 is 0 Å². The summed E-state index contributed by atoms with van der Waals surface area (Å²) in [4.78, 5) is 26.4. The van der Waals surface area contributed by atoms with Gasteiger partial charge in [0.1, 0.15) is 5.82 Å². The molecule has 0 saturated carbocycles. The van der Waals surface area contributed by atoms with Crippen molar-refractivity contribution in [2.24, 2.45) is 11.8 Å². The molecule has 1 amide bonds. The molecule has 0 bridgehead atoms. The van der Waals surface area contributed by atoms with E-state index in [1.54, 1.807) is 12.1 Å². The fourth-order valence-electron chi connectivity index (χ4n) is 3.29. The van der Waals surface area contributed by atoms with Crippen LogP contribution >= 0.6 is 0 Å². The maximum atomic E-state index is 13.5. The van der Waals surface area contributed by atoms with Gasteiger partial charge in [0.25, 0.3) is 0 Å². The minimum atomic E-state index is -0.527. The predicted octanol–water partition coefficient (Wildman–Crippen LogP) is 3.27. The summed E-state index contributed by atoms with van der Waals surface area (Å²) >= 11 is 0. The van der Waals surface area contributed by atoms with E-state index >= 15 is 0 Å². The minimum Gasteiger partial charge on any atom is -0.356 e. The van der Waals surface area contributed by atoms with Crippen LogP contribution in [-0.2, 0) is 4.79 Å². The first-order chi connectivity index (χ1) is 12.0. The van der Waals surface area contributed by atoms with E-state index in [0.29, 0.717) is 18.4 Å². The summed E-state index contributed by atoms with van der Waals surface area (Å²) in [5.74, 6) is 0.212. The predicted molar refractivity (Wildman–Crippen MR) is 97.0 cm³/mol. The summed E-state index contributed by atoms with van der Waals surface area (Å²) in [7, 11) is 0. The number of rotatable bonds is 8. The van der Waals surface area contributed by atoms with Gasteiger partial charge in [-0.05, 0) is 49.9 Å². The molecule has 4 nitrogen and oxygen atoms in total. The van der Waals surface area contributed by atoms with Gasteiger partial charge < -0.3 is 10.2 Å². The Bertz CT molecular complexity index is 581. The van der Waals surface area contributed by atoms with Crippen LogP contribution < -0.4 is 5.32 Å². The molecule has 0 radical (unpaired) electrons. The summed E-state index contributed by atoms with van der Waals surface area (Å²) in [5.41, 5.74) is 0.0628. The van der Waals surface area contributed by atoms with Crippen LogP contribution in [0.1, 0.15) is 49.9 Å². The highest BCUT2D eigenvalue weighted by atomic mass is 19.1. The zero-order chi connectivity index (χ0) is 18.2. The molecule has 0 unspecified atom stereocenters. The number of ketones is 1. The third-order valence-electron chi connectivity index (χ3n) is 4.67. The first-order valence-corrected chi connectivity index (χ1v) is 9.22. The number of Topliss-reactive ketones (excluding diaryl/α,β-unsaturated/α-hetero) is 1. The second-order valence-electron chi connectivity index (χ2n) is 7.34. The normalized spacial score (nSPS) is 16.2. The first-order valence-electron chi connectivity index (χ1n) is 9.22. The Hall–Kier alpha value is -1.75. The van der Waals surface area contributed by atoms with Crippen molar-refractivity contribution in [2.45, 2.75) is 39.5 Å². The maximum absolute atomic E-state index is 13.5. The van der Waals surface area contributed by atoms with E-state index in [9.17, 15) is 14.0 Å². The average molecular weight is 348 g/mol. The van der Waals surface area contributed by atoms with Crippen LogP contribution in [0.3, 0.4) is 0 Å². The van der Waals surface area contributed by atoms with Crippen LogP contribution in [0.25, 0.3) is 0 Å². The molecular formula is C20H29FN2O2. The zero-order valence-corrected chi connectivity index (χ0v) is 15.3. The fraction of sp³-hybridized carbons (Fsp3) is 0.600. The van der Waals surface area contributed by atoms with E-state index in [1.807, 2.05) is 0 Å². The molecule has 1 N–H and O–H groups in total. The molecule has 1 saturated heterocycles. The van der Waals surface area contributed by atoms with Gasteiger partial charge in [0, 0.05) is 25.9 Å². The summed E-state index contributed by atoms with van der Waals surface area (Å²) in [6.07, 6.45) is 2.35. The van der Waals surface area contributed by atoms with Crippen molar-refractivity contribution in [1.29, 1.82) is 0 Å². The molecule has 1 heterocycles. The Morgan fingerprint density at radius 1 is 1.20 bits per heavy atom. The molecule has 1 fully saturated rings. The van der Waals surface area contributed by atoms with Gasteiger partial charge in [-0.2, -0.15) is 0 Å². The fourth-order valence-corrected chi connectivity index (χ4v) is 3.29. The molecule has 1 aliphatic rings. The Labute approximate surface area is 149 Å². The van der Waals surface area contributed by atoms with Gasteiger partial charge in [-0.1, -0.05) is 26.0 Å². The summed E-state index contributed by atoms with van der Waals surface area (Å²) < 4.78 is 13.5. The van der Waals surface area contributed by atoms with Crippen LogP contribution in [-0.4, -0.2) is 42.8 Å². The molecule has 5 heteroatoms. The number of halogens is 1. The smallest absolute Gasteiger partial charge is 0.220 e. The number of benzene rings is 1. The number of piperidine rings is 1. The molecule has 1 aliphatic heterocycles. The molecule has 1 aromatic carbocycles. The van der Waals surface area contributed by atoms with Crippen LogP contribution in [0, 0.1) is 17.7 Å². The molecular weight excluding hydrogens is 319 g/mol. The van der Waals surface area contributed by atoms with E-state index in [-0.39, 0.29) is 30.1 Å². The number of hydrogen-bond donors (Lipinski definition) is 1. The van der Waals surface area contributed by atoms with Gasteiger partial charge in [-0.3, -0.25) is 9.59 Å². The highest BCUT2D eigenvalue weighted by Crippen LogP contribution is 2.17. The molecule has 25 heavy (non-hydrogen) atoms. The van der Waals surface area contributed by atoms with Gasteiger partial charge in [0.2, 0.25) is 5.91 Å². The lowest BCUT2D eigenvalue weighted by atomic mass is 9.96. The van der Waals surface area contributed by atoms with Crippen molar-refractivity contribution in [3.8, 4) is 0 Å². The Balaban J connectivity index is 1.65. The lowest BCUT2D eigenvalue weighted by Gasteiger charge is -2.33. The number of likely N-dealkylation sites (tertiary alicyclic amines) is 1. The number of carbonyl (C=O) groups excluding carboxylic acids is 2. The highest BCUT2D eigenvalue weighted by Gasteiger charge is 2.20. The van der Waals surface area contributed by atoms with Crippen molar-refractivity contribution < 1.29 is 14.0 Å². The monoisotopic (exact) mass is 348 g/mol. The van der Waals surface area contributed by atoms with E-state index < -0.39 is 5.82 Å². The minimum absolute atomic E-state index is 0.0413. The number of amides is 1. The van der Waals surface area contributed by atoms with Crippen molar-refractivity contribution >= 4 is 11.7 Å². The van der Waals surface area contributed by atoms with Gasteiger partial charge in [0.05, 0.1) is 5.56 Å². The van der Waals surface area contributed by atoms with Gasteiger partial charge in [-0.25, -0.2) is 4.39 Å². The van der Waals surface area contributed by atoms with Crippen molar-refractivity contribution in [2.75, 3.05) is 26.2 Å². The standard InChI is InChI=1S/C20H29FN2O2/c1-15(2)14-23-11-9-16(10-12-23)13-22-20(25)8-7-19(24)17-5-3-4-6-18(17)21/h3-6,15-16H,7-14H2,1-2H3,(H,22,25). The van der Waals surface area contributed by atoms with Gasteiger partial charge in [-0.15, -0.1) is 0 Å². The Morgan fingerprint density at radius 2 is 1.88 bits per heavy atom. The average Bonchev–Trinajstić information content (AvgIpc) is 2.59. The zero-order valence-electron chi connectivity index (χ0n) is 15.3. The summed E-state index contributed by atoms with van der Waals surface area (Å²) in [6.45, 7) is 8.44. The highest BCUT2D eigenvalue weighted by molar-refractivity contribution is 5.98. The Kier molecular flexibility index (Phi) is 7.56. The van der Waals surface area contributed by atoms with Crippen LogP contribution in [0.2, 0.25) is 0 Å². The quantitative estimate of drug-likeness (QED) is 0.734. The van der Waals surface area contributed by atoms with Crippen LogP contribution in [0.5, 0.6) is 0 Å². The number of carbonyl (C=O) groups is 2. The molecule has 0 spiro atoms. The largest absolute Gasteiger partial charge is 0.356 e. The molecule has 138 valence electrons. The van der Waals surface area contributed by atoms with E-state index in [0.717, 1.165) is 32.5 Å². The second-order valence-corrected chi connectivity index (χ2v) is 7.34. The van der Waals surface area contributed by atoms with Crippen molar-refractivity contribution in [3.63, 3.8) is 0 Å². The first kappa shape index (κ1) is 19.6. The van der Waals surface area contributed by atoms with E-state index in [1.165, 1.54) is 12.1 Å². The number of nitrogens with zero attached hydrogens (tertiary/aromatic N) is 1. The Morgan fingerprint density at radius 3 is 2.52 bits per heavy atom.